The van der Waals surface area contributed by atoms with E-state index in [-0.39, 0.29) is 0 Å². The van der Waals surface area contributed by atoms with Gasteiger partial charge in [-0.2, -0.15) is 0 Å². The number of thiophene rings is 1. The lowest BCUT2D eigenvalue weighted by Gasteiger charge is -2.03. The fourth-order valence-electron chi connectivity index (χ4n) is 1.54. The predicted octanol–water partition coefficient (Wildman–Crippen LogP) is 3.84. The van der Waals surface area contributed by atoms with Crippen LogP contribution in [-0.2, 0) is 6.54 Å². The van der Waals surface area contributed by atoms with Crippen LogP contribution < -0.4 is 5.73 Å². The monoisotopic (exact) mass is 237 g/mol. The molecule has 0 aliphatic heterocycles. The maximum absolute atomic E-state index is 5.92. The molecule has 0 aliphatic rings. The number of hydrogen-bond donors (Lipinski definition) is 1. The molecule has 0 saturated heterocycles. The summed E-state index contributed by atoms with van der Waals surface area (Å²) in [6, 6.07) is 10.2. The predicted molar refractivity (Wildman–Crippen MR) is 67.4 cm³/mol. The first-order valence-corrected chi connectivity index (χ1v) is 5.95. The van der Waals surface area contributed by atoms with E-state index in [0.29, 0.717) is 6.54 Å². The van der Waals surface area contributed by atoms with Crippen LogP contribution in [0.3, 0.4) is 0 Å². The Bertz CT molecular complexity index is 476. The fraction of sp³-hybridized carbons (Fsp3) is 0.167. The van der Waals surface area contributed by atoms with E-state index in [2.05, 4.69) is 25.1 Å². The second-order valence-corrected chi connectivity index (χ2v) is 5.03. The highest BCUT2D eigenvalue weighted by molar-refractivity contribution is 7.15. The first kappa shape index (κ1) is 10.7. The summed E-state index contributed by atoms with van der Waals surface area (Å²) in [4.78, 5) is 2.46. The van der Waals surface area contributed by atoms with E-state index in [0.717, 1.165) is 5.02 Å². The van der Waals surface area contributed by atoms with Crippen LogP contribution in [0.15, 0.2) is 30.3 Å². The molecule has 0 spiro atoms. The zero-order valence-corrected chi connectivity index (χ0v) is 10.0. The van der Waals surface area contributed by atoms with Gasteiger partial charge in [-0.25, -0.2) is 0 Å². The standard InChI is InChI=1S/C12H12ClNS/c1-8-6-9(13)2-4-11(8)12-5-3-10(7-14)15-12/h2-6H,7,14H2,1H3. The van der Waals surface area contributed by atoms with Gasteiger partial charge >= 0.3 is 0 Å². The molecule has 1 aromatic carbocycles. The Labute approximate surface area is 98.5 Å². The van der Waals surface area contributed by atoms with Crippen LogP contribution in [0.5, 0.6) is 0 Å². The lowest BCUT2D eigenvalue weighted by Crippen LogP contribution is -1.91. The summed E-state index contributed by atoms with van der Waals surface area (Å²) in [5.74, 6) is 0. The average molecular weight is 238 g/mol. The third kappa shape index (κ3) is 2.23. The van der Waals surface area contributed by atoms with Crippen molar-refractivity contribution in [1.29, 1.82) is 0 Å². The molecule has 0 unspecified atom stereocenters. The van der Waals surface area contributed by atoms with Gasteiger partial charge in [0.1, 0.15) is 0 Å². The van der Waals surface area contributed by atoms with E-state index >= 15 is 0 Å². The van der Waals surface area contributed by atoms with Gasteiger partial charge in [-0.3, -0.25) is 0 Å². The molecule has 0 amide bonds. The molecule has 1 aromatic heterocycles. The van der Waals surface area contributed by atoms with Crippen LogP contribution >= 0.6 is 22.9 Å². The molecule has 0 radical (unpaired) electrons. The highest BCUT2D eigenvalue weighted by Crippen LogP contribution is 2.31. The average Bonchev–Trinajstić information content (AvgIpc) is 2.66. The van der Waals surface area contributed by atoms with Crippen LogP contribution in [0.25, 0.3) is 10.4 Å². The highest BCUT2D eigenvalue weighted by atomic mass is 35.5. The molecule has 15 heavy (non-hydrogen) atoms. The molecule has 1 nitrogen and oxygen atoms in total. The zero-order valence-electron chi connectivity index (χ0n) is 8.46. The second-order valence-electron chi connectivity index (χ2n) is 3.43. The molecular formula is C12H12ClNS. The number of nitrogens with two attached hydrogens (primary N) is 1. The lowest BCUT2D eigenvalue weighted by atomic mass is 10.1. The second kappa shape index (κ2) is 4.35. The number of benzene rings is 1. The van der Waals surface area contributed by atoms with E-state index in [1.807, 2.05) is 12.1 Å². The van der Waals surface area contributed by atoms with Gasteiger partial charge in [-0.1, -0.05) is 17.7 Å². The van der Waals surface area contributed by atoms with E-state index < -0.39 is 0 Å². The number of hydrogen-bond acceptors (Lipinski definition) is 2. The van der Waals surface area contributed by atoms with Gasteiger partial charge in [0.2, 0.25) is 0 Å². The van der Waals surface area contributed by atoms with Crippen molar-refractivity contribution in [2.24, 2.45) is 5.73 Å². The topological polar surface area (TPSA) is 26.0 Å². The summed E-state index contributed by atoms with van der Waals surface area (Å²) in [6.07, 6.45) is 0. The number of rotatable bonds is 2. The Hall–Kier alpha value is -0.830. The summed E-state index contributed by atoms with van der Waals surface area (Å²) in [5, 5.41) is 0.784. The number of halogens is 1. The van der Waals surface area contributed by atoms with Crippen LogP contribution in [0, 0.1) is 6.92 Å². The lowest BCUT2D eigenvalue weighted by molar-refractivity contribution is 1.11. The highest BCUT2D eigenvalue weighted by Gasteiger charge is 2.05. The maximum atomic E-state index is 5.92. The third-order valence-electron chi connectivity index (χ3n) is 2.32. The molecule has 0 aliphatic carbocycles. The minimum Gasteiger partial charge on any atom is -0.326 e. The number of aryl methyl sites for hydroxylation is 1. The minimum absolute atomic E-state index is 0.608. The van der Waals surface area contributed by atoms with Crippen LogP contribution in [-0.4, -0.2) is 0 Å². The molecule has 0 atom stereocenters. The van der Waals surface area contributed by atoms with Crippen molar-refractivity contribution in [1.82, 2.24) is 0 Å². The minimum atomic E-state index is 0.608. The van der Waals surface area contributed by atoms with E-state index in [1.165, 1.54) is 20.9 Å². The molecule has 2 aromatic rings. The van der Waals surface area contributed by atoms with Crippen molar-refractivity contribution in [3.63, 3.8) is 0 Å². The summed E-state index contributed by atoms with van der Waals surface area (Å²) in [6.45, 7) is 2.68. The van der Waals surface area contributed by atoms with Gasteiger partial charge in [-0.05, 0) is 42.3 Å². The fourth-order valence-corrected chi connectivity index (χ4v) is 2.74. The van der Waals surface area contributed by atoms with Crippen LogP contribution in [0.2, 0.25) is 5.02 Å². The van der Waals surface area contributed by atoms with Crippen molar-refractivity contribution < 1.29 is 0 Å². The quantitative estimate of drug-likeness (QED) is 0.844. The van der Waals surface area contributed by atoms with E-state index in [4.69, 9.17) is 17.3 Å². The summed E-state index contributed by atoms with van der Waals surface area (Å²) in [5.41, 5.74) is 8.03. The zero-order chi connectivity index (χ0) is 10.8. The Morgan fingerprint density at radius 1 is 1.27 bits per heavy atom. The third-order valence-corrected chi connectivity index (χ3v) is 3.69. The van der Waals surface area contributed by atoms with E-state index in [1.54, 1.807) is 11.3 Å². The molecule has 1 heterocycles. The smallest absolute Gasteiger partial charge is 0.0409 e. The van der Waals surface area contributed by atoms with Crippen molar-refractivity contribution >= 4 is 22.9 Å². The molecule has 0 fully saturated rings. The van der Waals surface area contributed by atoms with Gasteiger partial charge < -0.3 is 5.73 Å². The van der Waals surface area contributed by atoms with Crippen molar-refractivity contribution in [2.45, 2.75) is 13.5 Å². The Morgan fingerprint density at radius 3 is 2.67 bits per heavy atom. The first-order valence-electron chi connectivity index (χ1n) is 4.76. The van der Waals surface area contributed by atoms with Gasteiger partial charge in [0.05, 0.1) is 0 Å². The molecule has 0 saturated carbocycles. The molecule has 3 heteroatoms. The summed E-state index contributed by atoms with van der Waals surface area (Å²) >= 11 is 7.66. The van der Waals surface area contributed by atoms with Gasteiger partial charge in [0.25, 0.3) is 0 Å². The van der Waals surface area contributed by atoms with Gasteiger partial charge in [0, 0.05) is 21.3 Å². The Morgan fingerprint density at radius 2 is 2.07 bits per heavy atom. The SMILES string of the molecule is Cc1cc(Cl)ccc1-c1ccc(CN)s1. The maximum Gasteiger partial charge on any atom is 0.0409 e. The molecule has 2 N–H and O–H groups in total. The molecule has 78 valence electrons. The van der Waals surface area contributed by atoms with Crippen molar-refractivity contribution in [3.8, 4) is 10.4 Å². The van der Waals surface area contributed by atoms with E-state index in [9.17, 15) is 0 Å². The largest absolute Gasteiger partial charge is 0.326 e. The van der Waals surface area contributed by atoms with Crippen LogP contribution in [0.1, 0.15) is 10.4 Å². The normalized spacial score (nSPS) is 10.6. The van der Waals surface area contributed by atoms with Gasteiger partial charge in [0.15, 0.2) is 0 Å². The van der Waals surface area contributed by atoms with Crippen molar-refractivity contribution in [3.05, 3.63) is 45.8 Å². The Balaban J connectivity index is 2.44. The molecule has 2 rings (SSSR count). The summed E-state index contributed by atoms with van der Waals surface area (Å²) in [7, 11) is 0. The summed E-state index contributed by atoms with van der Waals surface area (Å²) < 4.78 is 0. The Kier molecular flexibility index (Phi) is 3.10. The molecule has 0 bridgehead atoms. The van der Waals surface area contributed by atoms with Crippen LogP contribution in [0.4, 0.5) is 0 Å². The van der Waals surface area contributed by atoms with Crippen molar-refractivity contribution in [2.75, 3.05) is 0 Å². The molecular weight excluding hydrogens is 226 g/mol. The van der Waals surface area contributed by atoms with Gasteiger partial charge in [-0.15, -0.1) is 11.3 Å². The first-order chi connectivity index (χ1) is 7.20.